The van der Waals surface area contributed by atoms with E-state index < -0.39 is 0 Å². The van der Waals surface area contributed by atoms with Crippen molar-refractivity contribution < 1.29 is 9.47 Å². The van der Waals surface area contributed by atoms with Crippen LogP contribution in [0.2, 0.25) is 0 Å². The topological polar surface area (TPSA) is 37.8 Å². The van der Waals surface area contributed by atoms with E-state index in [1.165, 1.54) is 31.5 Å². The molecule has 4 heterocycles. The third-order valence-electron chi connectivity index (χ3n) is 5.86. The second-order valence-corrected chi connectivity index (χ2v) is 7.76. The number of ether oxygens (including phenoxy) is 2. The lowest BCUT2D eigenvalue weighted by atomic mass is 9.95. The number of rotatable bonds is 6. The first-order chi connectivity index (χ1) is 13.2. The van der Waals surface area contributed by atoms with E-state index in [0.29, 0.717) is 6.04 Å². The van der Waals surface area contributed by atoms with E-state index in [1.807, 2.05) is 12.3 Å². The Kier molecular flexibility index (Phi) is 5.60. The Morgan fingerprint density at radius 3 is 2.52 bits per heavy atom. The average Bonchev–Trinajstić information content (AvgIpc) is 2.99. The molecule has 27 heavy (non-hydrogen) atoms. The molecule has 5 nitrogen and oxygen atoms in total. The van der Waals surface area contributed by atoms with Crippen molar-refractivity contribution >= 4 is 0 Å². The summed E-state index contributed by atoms with van der Waals surface area (Å²) < 4.78 is 10.6. The van der Waals surface area contributed by atoms with E-state index in [0.717, 1.165) is 42.7 Å². The molecule has 144 valence electrons. The van der Waals surface area contributed by atoms with Gasteiger partial charge in [-0.05, 0) is 42.5 Å². The standard InChI is InChI=1S/C22H29N3O2/c1-26-21-7-4-17(5-8-21)12-24-13-18-3-6-20(16-24)25(14-18)15-19-11-22(27-2)9-10-23-19/h4-5,7-11,18,20H,3,6,12-16H2,1-2H3/t18-,20+/m0/s1. The van der Waals surface area contributed by atoms with Gasteiger partial charge in [0.25, 0.3) is 0 Å². The van der Waals surface area contributed by atoms with E-state index in [2.05, 4.69) is 45.1 Å². The molecule has 1 aromatic carbocycles. The summed E-state index contributed by atoms with van der Waals surface area (Å²) in [6.07, 6.45) is 4.47. The molecule has 0 amide bonds. The van der Waals surface area contributed by atoms with E-state index in [9.17, 15) is 0 Å². The van der Waals surface area contributed by atoms with Crippen LogP contribution < -0.4 is 9.47 Å². The molecule has 3 aliphatic heterocycles. The van der Waals surface area contributed by atoms with E-state index in [-0.39, 0.29) is 0 Å². The Labute approximate surface area is 161 Å². The molecule has 2 aromatic rings. The molecule has 5 heteroatoms. The fourth-order valence-corrected chi connectivity index (χ4v) is 4.47. The molecule has 0 aliphatic carbocycles. The van der Waals surface area contributed by atoms with Crippen LogP contribution in [0.4, 0.5) is 0 Å². The number of methoxy groups -OCH3 is 2. The quantitative estimate of drug-likeness (QED) is 0.784. The van der Waals surface area contributed by atoms with Crippen LogP contribution in [0.1, 0.15) is 24.1 Å². The second kappa shape index (κ2) is 8.28. The summed E-state index contributed by atoms with van der Waals surface area (Å²) in [4.78, 5) is 9.81. The first kappa shape index (κ1) is 18.3. The molecule has 3 fully saturated rings. The number of benzene rings is 1. The zero-order chi connectivity index (χ0) is 18.6. The normalized spacial score (nSPS) is 23.2. The van der Waals surface area contributed by atoms with Gasteiger partial charge in [0.15, 0.2) is 0 Å². The van der Waals surface area contributed by atoms with Gasteiger partial charge in [-0.2, -0.15) is 0 Å². The molecule has 0 spiro atoms. The third kappa shape index (κ3) is 4.42. The zero-order valence-electron chi connectivity index (χ0n) is 16.3. The number of pyridine rings is 1. The van der Waals surface area contributed by atoms with Gasteiger partial charge >= 0.3 is 0 Å². The van der Waals surface area contributed by atoms with Crippen LogP contribution in [0.25, 0.3) is 0 Å². The van der Waals surface area contributed by atoms with Crippen LogP contribution in [-0.2, 0) is 13.1 Å². The first-order valence-electron chi connectivity index (χ1n) is 9.81. The lowest BCUT2D eigenvalue weighted by molar-refractivity contribution is 0.121. The largest absolute Gasteiger partial charge is 0.497 e. The van der Waals surface area contributed by atoms with Crippen molar-refractivity contribution in [2.24, 2.45) is 5.92 Å². The van der Waals surface area contributed by atoms with Crippen LogP contribution >= 0.6 is 0 Å². The SMILES string of the molecule is COc1ccc(CN2C[C@@H]3CC[C@H](C2)N(Cc2cc(OC)ccn2)C3)cc1. The fourth-order valence-electron chi connectivity index (χ4n) is 4.47. The maximum absolute atomic E-state index is 5.35. The smallest absolute Gasteiger partial charge is 0.122 e. The lowest BCUT2D eigenvalue weighted by Gasteiger charge is -2.36. The van der Waals surface area contributed by atoms with E-state index in [4.69, 9.17) is 9.47 Å². The number of hydrogen-bond donors (Lipinski definition) is 0. The first-order valence-corrected chi connectivity index (χ1v) is 9.81. The van der Waals surface area contributed by atoms with Gasteiger partial charge in [0.05, 0.1) is 19.9 Å². The molecular weight excluding hydrogens is 338 g/mol. The number of fused-ring (bicyclic) bond motifs is 4. The minimum atomic E-state index is 0.606. The predicted molar refractivity (Wildman–Crippen MR) is 106 cm³/mol. The van der Waals surface area contributed by atoms with Gasteiger partial charge < -0.3 is 9.47 Å². The highest BCUT2D eigenvalue weighted by molar-refractivity contribution is 5.27. The van der Waals surface area contributed by atoms with Gasteiger partial charge in [0.2, 0.25) is 0 Å². The van der Waals surface area contributed by atoms with Crippen LogP contribution in [-0.4, -0.2) is 54.7 Å². The zero-order valence-corrected chi connectivity index (χ0v) is 16.3. The highest BCUT2D eigenvalue weighted by atomic mass is 16.5. The van der Waals surface area contributed by atoms with E-state index in [1.54, 1.807) is 14.2 Å². The molecule has 0 unspecified atom stereocenters. The molecular formula is C22H29N3O2. The van der Waals surface area contributed by atoms with Gasteiger partial charge in [0.1, 0.15) is 11.5 Å². The van der Waals surface area contributed by atoms with Gasteiger partial charge in [-0.3, -0.25) is 14.8 Å². The van der Waals surface area contributed by atoms with Gasteiger partial charge in [-0.25, -0.2) is 0 Å². The minimum Gasteiger partial charge on any atom is -0.497 e. The summed E-state index contributed by atoms with van der Waals surface area (Å²) in [6.45, 7) is 5.41. The Morgan fingerprint density at radius 2 is 1.74 bits per heavy atom. The van der Waals surface area contributed by atoms with Crippen LogP contribution in [0.5, 0.6) is 11.5 Å². The summed E-state index contributed by atoms with van der Waals surface area (Å²) in [7, 11) is 3.43. The highest BCUT2D eigenvalue weighted by Gasteiger charge is 2.34. The summed E-state index contributed by atoms with van der Waals surface area (Å²) in [6, 6.07) is 13.1. The molecule has 0 radical (unpaired) electrons. The van der Waals surface area contributed by atoms with Crippen LogP contribution in [0.3, 0.4) is 0 Å². The van der Waals surface area contributed by atoms with Gasteiger partial charge in [-0.15, -0.1) is 0 Å². The number of aromatic nitrogens is 1. The molecule has 1 aromatic heterocycles. The monoisotopic (exact) mass is 367 g/mol. The summed E-state index contributed by atoms with van der Waals surface area (Å²) in [5, 5.41) is 0. The average molecular weight is 367 g/mol. The molecule has 0 N–H and O–H groups in total. The van der Waals surface area contributed by atoms with Crippen LogP contribution in [0.15, 0.2) is 42.6 Å². The second-order valence-electron chi connectivity index (χ2n) is 7.76. The molecule has 0 saturated carbocycles. The number of nitrogens with zero attached hydrogens (tertiary/aromatic N) is 3. The highest BCUT2D eigenvalue weighted by Crippen LogP contribution is 2.30. The van der Waals surface area contributed by atoms with Gasteiger partial charge in [-0.1, -0.05) is 12.1 Å². The maximum atomic E-state index is 5.35. The molecule has 3 saturated heterocycles. The number of piperidine rings is 1. The molecule has 2 atom stereocenters. The van der Waals surface area contributed by atoms with Crippen molar-refractivity contribution in [3.63, 3.8) is 0 Å². The van der Waals surface area contributed by atoms with Crippen molar-refractivity contribution in [2.45, 2.75) is 32.0 Å². The van der Waals surface area contributed by atoms with Crippen molar-refractivity contribution in [2.75, 3.05) is 33.9 Å². The Hall–Kier alpha value is -2.11. The van der Waals surface area contributed by atoms with Crippen LogP contribution in [0, 0.1) is 5.92 Å². The minimum absolute atomic E-state index is 0.606. The molecule has 5 rings (SSSR count). The third-order valence-corrected chi connectivity index (χ3v) is 5.86. The Morgan fingerprint density at radius 1 is 0.926 bits per heavy atom. The van der Waals surface area contributed by atoms with Crippen molar-refractivity contribution in [3.8, 4) is 11.5 Å². The number of hydrogen-bond acceptors (Lipinski definition) is 5. The Bertz CT molecular complexity index is 749. The van der Waals surface area contributed by atoms with E-state index >= 15 is 0 Å². The summed E-state index contributed by atoms with van der Waals surface area (Å²) in [5.74, 6) is 2.56. The van der Waals surface area contributed by atoms with Crippen molar-refractivity contribution in [1.29, 1.82) is 0 Å². The van der Waals surface area contributed by atoms with Gasteiger partial charge in [0, 0.05) is 51.0 Å². The fraction of sp³-hybridized carbons (Fsp3) is 0.500. The van der Waals surface area contributed by atoms with Crippen molar-refractivity contribution in [1.82, 2.24) is 14.8 Å². The summed E-state index contributed by atoms with van der Waals surface area (Å²) >= 11 is 0. The molecule has 3 aliphatic rings. The predicted octanol–water partition coefficient (Wildman–Crippen LogP) is 3.20. The lowest BCUT2D eigenvalue weighted by Crippen LogP contribution is -2.43. The van der Waals surface area contributed by atoms with Crippen molar-refractivity contribution in [3.05, 3.63) is 53.9 Å². The Balaban J connectivity index is 1.42. The maximum Gasteiger partial charge on any atom is 0.122 e. The molecule has 2 bridgehead atoms. The summed E-state index contributed by atoms with van der Waals surface area (Å²) in [5.41, 5.74) is 2.46.